The predicted molar refractivity (Wildman–Crippen MR) is 85.3 cm³/mol. The van der Waals surface area contributed by atoms with Gasteiger partial charge in [-0.05, 0) is 49.4 Å². The van der Waals surface area contributed by atoms with Crippen LogP contribution >= 0.6 is 11.6 Å². The van der Waals surface area contributed by atoms with Crippen LogP contribution in [0.25, 0.3) is 0 Å². The molecule has 1 spiro atoms. The zero-order valence-electron chi connectivity index (χ0n) is 12.9. The topological polar surface area (TPSA) is 38.8 Å². The lowest BCUT2D eigenvalue weighted by Gasteiger charge is -2.53. The molecule has 2 fully saturated rings. The van der Waals surface area contributed by atoms with E-state index < -0.39 is 0 Å². The number of carbonyl (C=O) groups is 1. The van der Waals surface area contributed by atoms with Gasteiger partial charge in [0.05, 0.1) is 13.1 Å². The zero-order chi connectivity index (χ0) is 15.6. The van der Waals surface area contributed by atoms with Crippen LogP contribution in [0.3, 0.4) is 0 Å². The Morgan fingerprint density at radius 2 is 2.14 bits per heavy atom. The zero-order valence-corrected chi connectivity index (χ0v) is 13.6. The maximum absolute atomic E-state index is 12.4. The van der Waals surface area contributed by atoms with Gasteiger partial charge in [0.2, 0.25) is 0 Å². The standard InChI is InChI=1S/C17H22ClNO3/c1-21-8-6-13-7-9-22-17(10-13)11-19(12-17)16(20)14-2-4-15(18)5-3-14/h2-5,13H,6-12H2,1H3/t13-/m0/s1. The Morgan fingerprint density at radius 1 is 1.41 bits per heavy atom. The van der Waals surface area contributed by atoms with Crippen molar-refractivity contribution in [3.05, 3.63) is 34.9 Å². The van der Waals surface area contributed by atoms with E-state index in [9.17, 15) is 4.79 Å². The highest BCUT2D eigenvalue weighted by Gasteiger charge is 2.49. The molecular formula is C17H22ClNO3. The Hall–Kier alpha value is -1.10. The van der Waals surface area contributed by atoms with Crippen LogP contribution in [0.2, 0.25) is 5.02 Å². The number of ether oxygens (including phenoxy) is 2. The number of benzene rings is 1. The Balaban J connectivity index is 1.56. The lowest BCUT2D eigenvalue weighted by atomic mass is 9.79. The summed E-state index contributed by atoms with van der Waals surface area (Å²) < 4.78 is 11.2. The second-order valence-corrected chi connectivity index (χ2v) is 6.78. The maximum atomic E-state index is 12.4. The average molecular weight is 324 g/mol. The smallest absolute Gasteiger partial charge is 0.254 e. The molecule has 2 aliphatic heterocycles. The molecule has 0 N–H and O–H groups in total. The number of rotatable bonds is 4. The van der Waals surface area contributed by atoms with E-state index in [0.29, 0.717) is 29.6 Å². The minimum atomic E-state index is -0.126. The van der Waals surface area contributed by atoms with E-state index >= 15 is 0 Å². The fraction of sp³-hybridized carbons (Fsp3) is 0.588. The number of carbonyl (C=O) groups excluding carboxylic acids is 1. The van der Waals surface area contributed by atoms with Gasteiger partial charge in [0.25, 0.3) is 5.91 Å². The maximum Gasteiger partial charge on any atom is 0.254 e. The van der Waals surface area contributed by atoms with E-state index in [1.807, 2.05) is 4.90 Å². The van der Waals surface area contributed by atoms with Crippen molar-refractivity contribution in [1.29, 1.82) is 0 Å². The molecule has 5 heteroatoms. The molecule has 1 atom stereocenters. The number of nitrogens with zero attached hydrogens (tertiary/aromatic N) is 1. The summed E-state index contributed by atoms with van der Waals surface area (Å²) in [5.74, 6) is 0.700. The van der Waals surface area contributed by atoms with Gasteiger partial charge >= 0.3 is 0 Å². The Labute approximate surface area is 136 Å². The summed E-state index contributed by atoms with van der Waals surface area (Å²) in [6.07, 6.45) is 3.20. The van der Waals surface area contributed by atoms with Crippen molar-refractivity contribution in [3.8, 4) is 0 Å². The van der Waals surface area contributed by atoms with Crippen LogP contribution < -0.4 is 0 Å². The Morgan fingerprint density at radius 3 is 2.82 bits per heavy atom. The second kappa shape index (κ2) is 6.57. The minimum Gasteiger partial charge on any atom is -0.385 e. The quantitative estimate of drug-likeness (QED) is 0.855. The molecule has 120 valence electrons. The molecule has 2 heterocycles. The summed E-state index contributed by atoms with van der Waals surface area (Å²) in [5, 5.41) is 0.647. The van der Waals surface area contributed by atoms with Crippen LogP contribution in [-0.2, 0) is 9.47 Å². The van der Waals surface area contributed by atoms with Crippen LogP contribution in [0.4, 0.5) is 0 Å². The molecule has 0 bridgehead atoms. The van der Waals surface area contributed by atoms with E-state index in [-0.39, 0.29) is 11.5 Å². The highest BCUT2D eigenvalue weighted by molar-refractivity contribution is 6.30. The predicted octanol–water partition coefficient (Wildman–Crippen LogP) is 3.00. The molecule has 0 radical (unpaired) electrons. The number of methoxy groups -OCH3 is 1. The van der Waals surface area contributed by atoms with E-state index in [0.717, 1.165) is 32.5 Å². The lowest BCUT2D eigenvalue weighted by molar-refractivity contribution is -0.167. The van der Waals surface area contributed by atoms with Gasteiger partial charge < -0.3 is 14.4 Å². The van der Waals surface area contributed by atoms with Gasteiger partial charge in [-0.25, -0.2) is 0 Å². The van der Waals surface area contributed by atoms with Crippen LogP contribution in [0.1, 0.15) is 29.6 Å². The van der Waals surface area contributed by atoms with E-state index in [2.05, 4.69) is 0 Å². The van der Waals surface area contributed by atoms with Gasteiger partial charge in [0.15, 0.2) is 0 Å². The van der Waals surface area contributed by atoms with Crippen molar-refractivity contribution in [2.75, 3.05) is 33.4 Å². The summed E-state index contributed by atoms with van der Waals surface area (Å²) in [7, 11) is 1.74. The number of likely N-dealkylation sites (tertiary alicyclic amines) is 1. The molecular weight excluding hydrogens is 302 g/mol. The molecule has 0 unspecified atom stereocenters. The van der Waals surface area contributed by atoms with Gasteiger partial charge in [0.1, 0.15) is 5.60 Å². The van der Waals surface area contributed by atoms with E-state index in [1.54, 1.807) is 31.4 Å². The van der Waals surface area contributed by atoms with Crippen molar-refractivity contribution in [2.45, 2.75) is 24.9 Å². The first-order chi connectivity index (χ1) is 10.6. The van der Waals surface area contributed by atoms with Crippen molar-refractivity contribution >= 4 is 17.5 Å². The Bertz CT molecular complexity index is 525. The number of hydrogen-bond acceptors (Lipinski definition) is 3. The molecule has 2 aliphatic rings. The third-order valence-corrected chi connectivity index (χ3v) is 4.91. The minimum absolute atomic E-state index is 0.0601. The fourth-order valence-corrected chi connectivity index (χ4v) is 3.57. The van der Waals surface area contributed by atoms with Gasteiger partial charge in [-0.2, -0.15) is 0 Å². The first-order valence-corrected chi connectivity index (χ1v) is 8.17. The molecule has 2 saturated heterocycles. The van der Waals surface area contributed by atoms with Gasteiger partial charge in [0, 0.05) is 30.9 Å². The molecule has 1 amide bonds. The number of amides is 1. The molecule has 1 aromatic carbocycles. The molecule has 0 aromatic heterocycles. The Kier molecular flexibility index (Phi) is 4.71. The normalized spacial score (nSPS) is 23.4. The SMILES string of the molecule is COCC[C@H]1CCOC2(C1)CN(C(=O)c1ccc(Cl)cc1)C2. The molecule has 1 aromatic rings. The van der Waals surface area contributed by atoms with E-state index in [1.165, 1.54) is 0 Å². The average Bonchev–Trinajstić information content (AvgIpc) is 2.51. The highest BCUT2D eigenvalue weighted by Crippen LogP contribution is 2.38. The molecule has 3 rings (SSSR count). The van der Waals surface area contributed by atoms with Crippen molar-refractivity contribution in [2.24, 2.45) is 5.92 Å². The first-order valence-electron chi connectivity index (χ1n) is 7.80. The fourth-order valence-electron chi connectivity index (χ4n) is 3.45. The summed E-state index contributed by atoms with van der Waals surface area (Å²) in [4.78, 5) is 14.3. The summed E-state index contributed by atoms with van der Waals surface area (Å²) in [5.41, 5.74) is 0.560. The summed E-state index contributed by atoms with van der Waals surface area (Å²) >= 11 is 5.86. The summed E-state index contributed by atoms with van der Waals surface area (Å²) in [6.45, 7) is 2.97. The molecule has 22 heavy (non-hydrogen) atoms. The molecule has 0 aliphatic carbocycles. The van der Waals surface area contributed by atoms with Crippen LogP contribution in [0, 0.1) is 5.92 Å². The van der Waals surface area contributed by atoms with Gasteiger partial charge in [-0.15, -0.1) is 0 Å². The van der Waals surface area contributed by atoms with Crippen molar-refractivity contribution in [3.63, 3.8) is 0 Å². The third kappa shape index (κ3) is 3.29. The monoisotopic (exact) mass is 323 g/mol. The van der Waals surface area contributed by atoms with Crippen LogP contribution in [-0.4, -0.2) is 49.8 Å². The molecule has 4 nitrogen and oxygen atoms in total. The van der Waals surface area contributed by atoms with Gasteiger partial charge in [-0.3, -0.25) is 4.79 Å². The summed E-state index contributed by atoms with van der Waals surface area (Å²) in [6, 6.07) is 7.06. The number of hydrogen-bond donors (Lipinski definition) is 0. The number of halogens is 1. The molecule has 0 saturated carbocycles. The third-order valence-electron chi connectivity index (χ3n) is 4.66. The van der Waals surface area contributed by atoms with Crippen LogP contribution in [0.5, 0.6) is 0 Å². The van der Waals surface area contributed by atoms with Gasteiger partial charge in [-0.1, -0.05) is 11.6 Å². The van der Waals surface area contributed by atoms with Crippen molar-refractivity contribution in [1.82, 2.24) is 4.90 Å². The van der Waals surface area contributed by atoms with E-state index in [4.69, 9.17) is 21.1 Å². The highest BCUT2D eigenvalue weighted by atomic mass is 35.5. The first kappa shape index (κ1) is 15.8. The van der Waals surface area contributed by atoms with Crippen LogP contribution in [0.15, 0.2) is 24.3 Å². The lowest BCUT2D eigenvalue weighted by Crippen LogP contribution is -2.66. The largest absolute Gasteiger partial charge is 0.385 e. The van der Waals surface area contributed by atoms with Crippen molar-refractivity contribution < 1.29 is 14.3 Å². The second-order valence-electron chi connectivity index (χ2n) is 6.34.